The molecule has 3 N–H and O–H groups in total. The van der Waals surface area contributed by atoms with Gasteiger partial charge in [-0.3, -0.25) is 4.90 Å². The van der Waals surface area contributed by atoms with E-state index in [0.717, 1.165) is 24.6 Å². The molecule has 0 bridgehead atoms. The molecule has 0 amide bonds. The first-order valence-electron chi connectivity index (χ1n) is 9.02. The van der Waals surface area contributed by atoms with Gasteiger partial charge >= 0.3 is 0 Å². The number of anilines is 1. The van der Waals surface area contributed by atoms with Crippen molar-refractivity contribution >= 4 is 5.69 Å². The highest BCUT2D eigenvalue weighted by molar-refractivity contribution is 5.56. The molecule has 146 valence electrons. The predicted octanol–water partition coefficient (Wildman–Crippen LogP) is 2.97. The fourth-order valence-electron chi connectivity index (χ4n) is 1.89. The van der Waals surface area contributed by atoms with E-state index in [1.807, 2.05) is 40.8 Å². The molecule has 0 saturated carbocycles. The molecular formula is C20H34N4O2. The van der Waals surface area contributed by atoms with Crippen molar-refractivity contribution in [1.29, 1.82) is 0 Å². The highest BCUT2D eigenvalue weighted by Crippen LogP contribution is 2.23. The van der Waals surface area contributed by atoms with E-state index in [1.54, 1.807) is 6.08 Å². The van der Waals surface area contributed by atoms with Gasteiger partial charge < -0.3 is 20.5 Å². The van der Waals surface area contributed by atoms with Gasteiger partial charge in [-0.15, -0.1) is 6.58 Å². The summed E-state index contributed by atoms with van der Waals surface area (Å²) in [5.74, 6) is 3.31. The SMILES string of the molecule is C=CCOCC(C)Oc1nc(C)c(NCN(C)CC)cc1C#CN.CC. The van der Waals surface area contributed by atoms with Crippen LogP contribution in [0.5, 0.6) is 5.88 Å². The molecule has 0 aliphatic carbocycles. The number of ether oxygens (including phenoxy) is 2. The lowest BCUT2D eigenvalue weighted by Crippen LogP contribution is -2.25. The van der Waals surface area contributed by atoms with Gasteiger partial charge in [0.05, 0.1) is 36.8 Å². The maximum atomic E-state index is 5.86. The van der Waals surface area contributed by atoms with Gasteiger partial charge in [-0.2, -0.15) is 0 Å². The number of hydrogen-bond acceptors (Lipinski definition) is 6. The molecule has 0 radical (unpaired) electrons. The molecule has 1 rings (SSSR count). The van der Waals surface area contributed by atoms with E-state index in [1.165, 1.54) is 0 Å². The summed E-state index contributed by atoms with van der Waals surface area (Å²) in [6.45, 7) is 16.2. The van der Waals surface area contributed by atoms with Crippen LogP contribution < -0.4 is 15.8 Å². The second kappa shape index (κ2) is 14.0. The Morgan fingerprint density at radius 3 is 2.73 bits per heavy atom. The molecule has 0 aromatic carbocycles. The summed E-state index contributed by atoms with van der Waals surface area (Å²) < 4.78 is 11.3. The zero-order valence-corrected chi connectivity index (χ0v) is 17.1. The third-order valence-electron chi connectivity index (χ3n) is 3.37. The van der Waals surface area contributed by atoms with Gasteiger partial charge in [-0.05, 0) is 39.4 Å². The molecule has 0 aliphatic heterocycles. The van der Waals surface area contributed by atoms with Crippen LogP contribution >= 0.6 is 0 Å². The first-order valence-corrected chi connectivity index (χ1v) is 9.02. The molecule has 0 aliphatic rings. The number of nitrogens with zero attached hydrogens (tertiary/aromatic N) is 2. The van der Waals surface area contributed by atoms with Crippen molar-refractivity contribution in [3.05, 3.63) is 30.0 Å². The molecule has 1 atom stereocenters. The number of rotatable bonds is 10. The van der Waals surface area contributed by atoms with E-state index in [-0.39, 0.29) is 6.10 Å². The Kier molecular flexibility index (Phi) is 12.8. The van der Waals surface area contributed by atoms with Crippen molar-refractivity contribution in [2.24, 2.45) is 5.73 Å². The average molecular weight is 363 g/mol. The van der Waals surface area contributed by atoms with Crippen LogP contribution in [0.4, 0.5) is 5.69 Å². The monoisotopic (exact) mass is 362 g/mol. The van der Waals surface area contributed by atoms with Crippen molar-refractivity contribution in [2.45, 2.75) is 40.7 Å². The summed E-state index contributed by atoms with van der Waals surface area (Å²) in [7, 11) is 2.04. The Bertz CT molecular complexity index is 593. The molecule has 0 spiro atoms. The number of nitrogens with one attached hydrogen (secondary N) is 1. The van der Waals surface area contributed by atoms with E-state index in [4.69, 9.17) is 15.2 Å². The highest BCUT2D eigenvalue weighted by atomic mass is 16.5. The van der Waals surface area contributed by atoms with E-state index < -0.39 is 0 Å². The van der Waals surface area contributed by atoms with Gasteiger partial charge in [0.2, 0.25) is 5.88 Å². The minimum Gasteiger partial charge on any atom is -0.471 e. The maximum absolute atomic E-state index is 5.86. The molecular weight excluding hydrogens is 328 g/mol. The first-order chi connectivity index (χ1) is 12.5. The first kappa shape index (κ1) is 23.8. The number of nitrogens with two attached hydrogens (primary N) is 1. The second-order valence-electron chi connectivity index (χ2n) is 5.51. The summed E-state index contributed by atoms with van der Waals surface area (Å²) in [5, 5.41) is 3.35. The van der Waals surface area contributed by atoms with Gasteiger partial charge in [-0.25, -0.2) is 4.98 Å². The van der Waals surface area contributed by atoms with Gasteiger partial charge in [0.25, 0.3) is 0 Å². The Balaban J connectivity index is 0.00000301. The van der Waals surface area contributed by atoms with Crippen LogP contribution in [0, 0.1) is 18.9 Å². The number of aryl methyl sites for hydroxylation is 1. The van der Waals surface area contributed by atoms with Crippen LogP contribution in [0.2, 0.25) is 0 Å². The maximum Gasteiger partial charge on any atom is 0.230 e. The van der Waals surface area contributed by atoms with E-state index in [0.29, 0.717) is 24.7 Å². The highest BCUT2D eigenvalue weighted by Gasteiger charge is 2.13. The number of hydrogen-bond donors (Lipinski definition) is 2. The van der Waals surface area contributed by atoms with Gasteiger partial charge in [0.15, 0.2) is 0 Å². The van der Waals surface area contributed by atoms with Crippen molar-refractivity contribution in [2.75, 3.05) is 38.8 Å². The lowest BCUT2D eigenvalue weighted by atomic mass is 10.2. The van der Waals surface area contributed by atoms with Crippen LogP contribution in [-0.4, -0.2) is 49.5 Å². The van der Waals surface area contributed by atoms with Crippen LogP contribution in [0.3, 0.4) is 0 Å². The van der Waals surface area contributed by atoms with Gasteiger partial charge in [-0.1, -0.05) is 26.8 Å². The molecule has 1 unspecified atom stereocenters. The number of aromatic nitrogens is 1. The molecule has 1 aromatic heterocycles. The summed E-state index contributed by atoms with van der Waals surface area (Å²) in [4.78, 5) is 6.68. The molecule has 0 fully saturated rings. The van der Waals surface area contributed by atoms with Gasteiger partial charge in [0, 0.05) is 6.04 Å². The van der Waals surface area contributed by atoms with Gasteiger partial charge in [0.1, 0.15) is 6.10 Å². The Labute approximate surface area is 158 Å². The predicted molar refractivity (Wildman–Crippen MR) is 109 cm³/mol. The minimum atomic E-state index is -0.153. The lowest BCUT2D eigenvalue weighted by Gasteiger charge is -2.19. The summed E-state index contributed by atoms with van der Waals surface area (Å²) in [6.07, 6.45) is 1.55. The molecule has 6 heteroatoms. The molecule has 6 nitrogen and oxygen atoms in total. The van der Waals surface area contributed by atoms with Crippen molar-refractivity contribution in [1.82, 2.24) is 9.88 Å². The van der Waals surface area contributed by atoms with E-state index in [2.05, 4.69) is 40.7 Å². The summed E-state index contributed by atoms with van der Waals surface area (Å²) >= 11 is 0. The molecule has 26 heavy (non-hydrogen) atoms. The molecule has 1 heterocycles. The zero-order valence-electron chi connectivity index (χ0n) is 17.1. The Hall–Kier alpha value is -2.23. The number of pyridine rings is 1. The normalized spacial score (nSPS) is 10.9. The standard InChI is InChI=1S/C18H28N4O2.C2H6/c1-6-10-23-12-14(3)24-18-16(8-9-19)11-17(15(4)21-18)20-13-22(5)7-2;1-2/h6,11,14,20H,1,7,10,12-13,19H2,2-5H3;1-2H3. The lowest BCUT2D eigenvalue weighted by molar-refractivity contribution is 0.0709. The quantitative estimate of drug-likeness (QED) is 0.219. The third kappa shape index (κ3) is 8.75. The fourth-order valence-corrected chi connectivity index (χ4v) is 1.89. The molecule has 1 aromatic rings. The minimum absolute atomic E-state index is 0.153. The van der Waals surface area contributed by atoms with Crippen molar-refractivity contribution < 1.29 is 9.47 Å². The van der Waals surface area contributed by atoms with Crippen molar-refractivity contribution in [3.8, 4) is 17.8 Å². The molecule has 0 saturated heterocycles. The van der Waals surface area contributed by atoms with Crippen LogP contribution in [0.1, 0.15) is 39.0 Å². The smallest absolute Gasteiger partial charge is 0.230 e. The van der Waals surface area contributed by atoms with E-state index >= 15 is 0 Å². The third-order valence-corrected chi connectivity index (χ3v) is 3.37. The van der Waals surface area contributed by atoms with E-state index in [9.17, 15) is 0 Å². The van der Waals surface area contributed by atoms with Crippen molar-refractivity contribution in [3.63, 3.8) is 0 Å². The fraction of sp³-hybridized carbons (Fsp3) is 0.550. The summed E-state index contributed by atoms with van der Waals surface area (Å²) in [5.41, 5.74) is 7.79. The van der Waals surface area contributed by atoms with Crippen LogP contribution in [0.25, 0.3) is 0 Å². The average Bonchev–Trinajstić information content (AvgIpc) is 2.64. The largest absolute Gasteiger partial charge is 0.471 e. The second-order valence-corrected chi connectivity index (χ2v) is 5.51. The topological polar surface area (TPSA) is 72.6 Å². The summed E-state index contributed by atoms with van der Waals surface area (Å²) in [6, 6.07) is 4.33. The Morgan fingerprint density at radius 1 is 1.46 bits per heavy atom. The van der Waals surface area contributed by atoms with Crippen LogP contribution in [-0.2, 0) is 4.74 Å². The zero-order chi connectivity index (χ0) is 19.9. The van der Waals surface area contributed by atoms with Crippen LogP contribution in [0.15, 0.2) is 18.7 Å². The Morgan fingerprint density at radius 2 is 2.15 bits per heavy atom.